The first-order valence-corrected chi connectivity index (χ1v) is 7.46. The van der Waals surface area contributed by atoms with Gasteiger partial charge in [0.15, 0.2) is 0 Å². The second kappa shape index (κ2) is 5.20. The molecule has 0 heterocycles. The van der Waals surface area contributed by atoms with E-state index in [1.165, 1.54) is 44.9 Å². The topological polar surface area (TPSA) is 41.1 Å². The van der Waals surface area contributed by atoms with Crippen molar-refractivity contribution in [1.82, 2.24) is 10.6 Å². The molecular weight excluding hydrogens is 224 g/mol. The zero-order chi connectivity index (χ0) is 13.2. The minimum absolute atomic E-state index is 0.131. The summed E-state index contributed by atoms with van der Waals surface area (Å²) in [4.78, 5) is 11.8. The van der Waals surface area contributed by atoms with Gasteiger partial charge < -0.3 is 10.6 Å². The summed E-state index contributed by atoms with van der Waals surface area (Å²) in [5, 5.41) is 6.43. The summed E-state index contributed by atoms with van der Waals surface area (Å²) in [5.41, 5.74) is 0.275. The largest absolute Gasteiger partial charge is 0.359 e. The highest BCUT2D eigenvalue weighted by atomic mass is 16.2. The minimum atomic E-state index is -0.305. The van der Waals surface area contributed by atoms with Crippen molar-refractivity contribution in [2.45, 2.75) is 64.8 Å². The molecule has 2 aliphatic rings. The van der Waals surface area contributed by atoms with Crippen molar-refractivity contribution in [3.05, 3.63) is 0 Å². The lowest BCUT2D eigenvalue weighted by Crippen LogP contribution is -2.57. The van der Waals surface area contributed by atoms with Crippen LogP contribution >= 0.6 is 0 Å². The molecular formula is C15H28N2O. The number of carbonyl (C=O) groups excluding carboxylic acids is 1. The van der Waals surface area contributed by atoms with E-state index in [-0.39, 0.29) is 11.3 Å². The van der Waals surface area contributed by atoms with Crippen molar-refractivity contribution in [3.8, 4) is 0 Å². The monoisotopic (exact) mass is 252 g/mol. The van der Waals surface area contributed by atoms with Crippen LogP contribution in [0, 0.1) is 10.8 Å². The van der Waals surface area contributed by atoms with Crippen LogP contribution in [0.3, 0.4) is 0 Å². The smallest absolute Gasteiger partial charge is 0.226 e. The van der Waals surface area contributed by atoms with Crippen LogP contribution in [0.5, 0.6) is 0 Å². The Morgan fingerprint density at radius 3 is 2.39 bits per heavy atom. The Kier molecular flexibility index (Phi) is 4.00. The number of nitrogens with one attached hydrogen (secondary N) is 2. The van der Waals surface area contributed by atoms with Crippen molar-refractivity contribution in [3.63, 3.8) is 0 Å². The maximum atomic E-state index is 11.8. The van der Waals surface area contributed by atoms with E-state index in [9.17, 15) is 4.79 Å². The van der Waals surface area contributed by atoms with Crippen LogP contribution < -0.4 is 10.6 Å². The van der Waals surface area contributed by atoms with E-state index in [0.717, 1.165) is 6.54 Å². The Morgan fingerprint density at radius 1 is 1.22 bits per heavy atom. The molecule has 0 aromatic carbocycles. The molecule has 18 heavy (non-hydrogen) atoms. The van der Waals surface area contributed by atoms with Crippen molar-refractivity contribution in [1.29, 1.82) is 0 Å². The van der Waals surface area contributed by atoms with E-state index in [2.05, 4.69) is 10.6 Å². The Labute approximate surface area is 111 Å². The fourth-order valence-electron chi connectivity index (χ4n) is 3.67. The molecule has 2 aliphatic carbocycles. The van der Waals surface area contributed by atoms with Gasteiger partial charge >= 0.3 is 0 Å². The molecule has 2 rings (SSSR count). The molecule has 0 aromatic rings. The van der Waals surface area contributed by atoms with Gasteiger partial charge in [-0.05, 0) is 44.9 Å². The van der Waals surface area contributed by atoms with Crippen molar-refractivity contribution < 1.29 is 4.79 Å². The summed E-state index contributed by atoms with van der Waals surface area (Å²) < 4.78 is 0. The van der Waals surface area contributed by atoms with Crippen molar-refractivity contribution in [2.75, 3.05) is 13.6 Å². The van der Waals surface area contributed by atoms with Crippen molar-refractivity contribution >= 4 is 5.91 Å². The third-order valence-electron chi connectivity index (χ3n) is 5.15. The second-order valence-electron chi connectivity index (χ2n) is 6.86. The Morgan fingerprint density at radius 2 is 1.89 bits per heavy atom. The Balaban J connectivity index is 1.85. The lowest BCUT2D eigenvalue weighted by molar-refractivity contribution is -0.129. The van der Waals surface area contributed by atoms with E-state index >= 15 is 0 Å². The second-order valence-corrected chi connectivity index (χ2v) is 6.86. The lowest BCUT2D eigenvalue weighted by atomic mass is 9.57. The summed E-state index contributed by atoms with van der Waals surface area (Å²) in [6.07, 6.45) is 9.69. The zero-order valence-electron chi connectivity index (χ0n) is 12.1. The SMILES string of the molecule is CNC(=O)C(C)(C)CNC1CCC12CCCCC2. The number of carbonyl (C=O) groups is 1. The molecule has 2 fully saturated rings. The number of amides is 1. The van der Waals surface area contributed by atoms with Crippen LogP contribution in [0.15, 0.2) is 0 Å². The van der Waals surface area contributed by atoms with Crippen LogP contribution in [0.4, 0.5) is 0 Å². The first kappa shape index (κ1) is 13.9. The van der Waals surface area contributed by atoms with Crippen LogP contribution in [0.25, 0.3) is 0 Å². The number of hydrogen-bond donors (Lipinski definition) is 2. The molecule has 0 aromatic heterocycles. The summed E-state index contributed by atoms with van der Waals surface area (Å²) in [6.45, 7) is 4.83. The third kappa shape index (κ3) is 2.56. The molecule has 2 N–H and O–H groups in total. The fourth-order valence-corrected chi connectivity index (χ4v) is 3.67. The fraction of sp³-hybridized carbons (Fsp3) is 0.933. The number of hydrogen-bond acceptors (Lipinski definition) is 2. The molecule has 0 bridgehead atoms. The zero-order valence-corrected chi connectivity index (χ0v) is 12.1. The van der Waals surface area contributed by atoms with E-state index < -0.39 is 0 Å². The average molecular weight is 252 g/mol. The average Bonchev–Trinajstić information content (AvgIpc) is 2.37. The Bertz CT molecular complexity index is 306. The van der Waals surface area contributed by atoms with Crippen LogP contribution in [-0.2, 0) is 4.79 Å². The molecule has 3 nitrogen and oxygen atoms in total. The summed E-state index contributed by atoms with van der Waals surface area (Å²) >= 11 is 0. The molecule has 0 radical (unpaired) electrons. The maximum absolute atomic E-state index is 11.8. The van der Waals surface area contributed by atoms with Gasteiger partial charge in [0.2, 0.25) is 5.91 Å². The van der Waals surface area contributed by atoms with E-state index in [1.807, 2.05) is 13.8 Å². The molecule has 1 spiro atoms. The molecule has 1 amide bonds. The predicted molar refractivity (Wildman–Crippen MR) is 74.4 cm³/mol. The molecule has 104 valence electrons. The van der Waals surface area contributed by atoms with Gasteiger partial charge in [0.1, 0.15) is 0 Å². The summed E-state index contributed by atoms with van der Waals surface area (Å²) in [7, 11) is 1.72. The van der Waals surface area contributed by atoms with E-state index in [1.54, 1.807) is 7.05 Å². The molecule has 2 saturated carbocycles. The lowest BCUT2D eigenvalue weighted by Gasteiger charge is -2.53. The highest BCUT2D eigenvalue weighted by Crippen LogP contribution is 2.51. The van der Waals surface area contributed by atoms with Gasteiger partial charge in [-0.2, -0.15) is 0 Å². The van der Waals surface area contributed by atoms with E-state index in [4.69, 9.17) is 0 Å². The van der Waals surface area contributed by atoms with Crippen LogP contribution in [0.1, 0.15) is 58.8 Å². The molecule has 3 heteroatoms. The first-order valence-electron chi connectivity index (χ1n) is 7.46. The highest BCUT2D eigenvalue weighted by Gasteiger charge is 2.47. The normalized spacial score (nSPS) is 26.7. The predicted octanol–water partition coefficient (Wildman–Crippen LogP) is 2.46. The first-order chi connectivity index (χ1) is 8.50. The van der Waals surface area contributed by atoms with Crippen LogP contribution in [0.2, 0.25) is 0 Å². The molecule has 1 unspecified atom stereocenters. The summed E-state index contributed by atoms with van der Waals surface area (Å²) in [5.74, 6) is 0.131. The van der Waals surface area contributed by atoms with Crippen molar-refractivity contribution in [2.24, 2.45) is 10.8 Å². The Hall–Kier alpha value is -0.570. The van der Waals surface area contributed by atoms with Gasteiger partial charge in [-0.15, -0.1) is 0 Å². The van der Waals surface area contributed by atoms with Gasteiger partial charge in [-0.1, -0.05) is 19.3 Å². The quantitative estimate of drug-likeness (QED) is 0.807. The third-order valence-corrected chi connectivity index (χ3v) is 5.15. The summed E-state index contributed by atoms with van der Waals surface area (Å²) in [6, 6.07) is 0.654. The van der Waals surface area contributed by atoms with Gasteiger partial charge in [0, 0.05) is 19.6 Å². The van der Waals surface area contributed by atoms with Gasteiger partial charge in [0.05, 0.1) is 5.41 Å². The van der Waals surface area contributed by atoms with Crippen LogP contribution in [-0.4, -0.2) is 25.5 Å². The van der Waals surface area contributed by atoms with Gasteiger partial charge in [0.25, 0.3) is 0 Å². The minimum Gasteiger partial charge on any atom is -0.359 e. The molecule has 0 aliphatic heterocycles. The molecule has 0 saturated heterocycles. The van der Waals surface area contributed by atoms with Gasteiger partial charge in [-0.3, -0.25) is 4.79 Å². The maximum Gasteiger partial charge on any atom is 0.226 e. The standard InChI is InChI=1S/C15H28N2O/c1-14(2,13(18)16-3)11-17-12-7-10-15(12)8-5-4-6-9-15/h12,17H,4-11H2,1-3H3,(H,16,18). The highest BCUT2D eigenvalue weighted by molar-refractivity contribution is 5.81. The van der Waals surface area contributed by atoms with E-state index in [0.29, 0.717) is 11.5 Å². The molecule has 1 atom stereocenters. The van der Waals surface area contributed by atoms with Gasteiger partial charge in [-0.25, -0.2) is 0 Å². The number of rotatable bonds is 4.